The van der Waals surface area contributed by atoms with E-state index in [1.165, 1.54) is 10.4 Å². The Morgan fingerprint density at radius 3 is 2.70 bits per heavy atom. The maximum absolute atomic E-state index is 6.20. The summed E-state index contributed by atoms with van der Waals surface area (Å²) in [6.07, 6.45) is 1.02. The Morgan fingerprint density at radius 2 is 2.05 bits per heavy atom. The van der Waals surface area contributed by atoms with Gasteiger partial charge < -0.3 is 10.1 Å². The van der Waals surface area contributed by atoms with Gasteiger partial charge in [0.15, 0.2) is 0 Å². The lowest BCUT2D eigenvalue weighted by atomic mass is 9.96. The molecule has 0 radical (unpaired) electrons. The molecule has 1 aromatic carbocycles. The molecule has 0 fully saturated rings. The summed E-state index contributed by atoms with van der Waals surface area (Å²) < 4.78 is 9.43. The number of ether oxygens (including phenoxy) is 1. The minimum absolute atomic E-state index is 0.0850. The molecule has 2 nitrogen and oxygen atoms in total. The zero-order chi connectivity index (χ0) is 14.3. The first-order valence-electron chi connectivity index (χ1n) is 6.16. The number of fused-ring (bicyclic) bond motifs is 1. The molecule has 0 saturated heterocycles. The summed E-state index contributed by atoms with van der Waals surface area (Å²) in [5.41, 5.74) is 1.22. The molecule has 20 heavy (non-hydrogen) atoms. The van der Waals surface area contributed by atoms with Crippen molar-refractivity contribution in [3.63, 3.8) is 0 Å². The largest absolute Gasteiger partial charge is 0.484 e. The topological polar surface area (TPSA) is 21.3 Å². The Kier molecular flexibility index (Phi) is 4.57. The SMILES string of the molecule is CNC1CC(c2cc(Br)c(Br)s2)Oc2cc(Br)ccc21. The standard InChI is InChI=1S/C14H12Br3NOS/c1-18-10-6-12(13-5-9(16)14(17)20-13)19-11-4-7(15)2-3-8(10)11/h2-5,10,12,18H,6H2,1H3. The smallest absolute Gasteiger partial charge is 0.135 e. The van der Waals surface area contributed by atoms with Crippen LogP contribution in [0.25, 0.3) is 0 Å². The van der Waals surface area contributed by atoms with E-state index in [0.29, 0.717) is 6.04 Å². The van der Waals surface area contributed by atoms with E-state index in [1.54, 1.807) is 11.3 Å². The second-order valence-corrected chi connectivity index (χ2v) is 8.81. The Morgan fingerprint density at radius 1 is 1.25 bits per heavy atom. The molecule has 6 heteroatoms. The molecule has 0 amide bonds. The maximum atomic E-state index is 6.20. The second-order valence-electron chi connectivity index (χ2n) is 4.64. The van der Waals surface area contributed by atoms with Gasteiger partial charge >= 0.3 is 0 Å². The van der Waals surface area contributed by atoms with Crippen LogP contribution in [0, 0.1) is 0 Å². The lowest BCUT2D eigenvalue weighted by Gasteiger charge is -2.31. The number of rotatable bonds is 2. The minimum Gasteiger partial charge on any atom is -0.484 e. The van der Waals surface area contributed by atoms with Gasteiger partial charge in [0.25, 0.3) is 0 Å². The highest BCUT2D eigenvalue weighted by atomic mass is 79.9. The van der Waals surface area contributed by atoms with Crippen molar-refractivity contribution in [1.29, 1.82) is 0 Å². The molecule has 2 atom stereocenters. The molecule has 106 valence electrons. The van der Waals surface area contributed by atoms with Crippen LogP contribution < -0.4 is 10.1 Å². The summed E-state index contributed by atoms with van der Waals surface area (Å²) in [7, 11) is 2.00. The van der Waals surface area contributed by atoms with Gasteiger partial charge in [-0.05, 0) is 57.1 Å². The van der Waals surface area contributed by atoms with Gasteiger partial charge in [0, 0.05) is 31.8 Å². The number of nitrogens with one attached hydrogen (secondary N) is 1. The quantitative estimate of drug-likeness (QED) is 0.583. The number of hydrogen-bond donors (Lipinski definition) is 1. The molecule has 2 heterocycles. The Labute approximate surface area is 147 Å². The molecule has 0 bridgehead atoms. The van der Waals surface area contributed by atoms with Gasteiger partial charge in [-0.15, -0.1) is 11.3 Å². The van der Waals surface area contributed by atoms with Crippen LogP contribution in [0.2, 0.25) is 0 Å². The molecule has 0 spiro atoms. The monoisotopic (exact) mass is 479 g/mol. The van der Waals surface area contributed by atoms with E-state index < -0.39 is 0 Å². The van der Waals surface area contributed by atoms with E-state index >= 15 is 0 Å². The van der Waals surface area contributed by atoms with E-state index in [2.05, 4.69) is 71.3 Å². The Hall–Kier alpha value is 0.120. The van der Waals surface area contributed by atoms with E-state index in [0.717, 1.165) is 24.9 Å². The van der Waals surface area contributed by atoms with Crippen LogP contribution in [0.1, 0.15) is 29.0 Å². The highest BCUT2D eigenvalue weighted by Crippen LogP contribution is 2.45. The predicted molar refractivity (Wildman–Crippen MR) is 93.6 cm³/mol. The fraction of sp³-hybridized carbons (Fsp3) is 0.286. The highest BCUT2D eigenvalue weighted by molar-refractivity contribution is 9.13. The van der Waals surface area contributed by atoms with Gasteiger partial charge in [-0.2, -0.15) is 0 Å². The van der Waals surface area contributed by atoms with Crippen LogP contribution in [0.15, 0.2) is 37.0 Å². The fourth-order valence-electron chi connectivity index (χ4n) is 2.41. The summed E-state index contributed by atoms with van der Waals surface area (Å²) in [5, 5.41) is 3.39. The number of thiophene rings is 1. The van der Waals surface area contributed by atoms with Crippen molar-refractivity contribution < 1.29 is 4.74 Å². The van der Waals surface area contributed by atoms with E-state index in [-0.39, 0.29) is 6.10 Å². The number of halogens is 3. The Bertz CT molecular complexity index is 624. The molecule has 0 saturated carbocycles. The third-order valence-corrected chi connectivity index (χ3v) is 7.24. The van der Waals surface area contributed by atoms with Crippen molar-refractivity contribution >= 4 is 59.1 Å². The molecule has 1 N–H and O–H groups in total. The molecular weight excluding hydrogens is 470 g/mol. The maximum Gasteiger partial charge on any atom is 0.135 e. The van der Waals surface area contributed by atoms with E-state index in [9.17, 15) is 0 Å². The average molecular weight is 482 g/mol. The van der Waals surface area contributed by atoms with Crippen LogP contribution in [-0.4, -0.2) is 7.05 Å². The van der Waals surface area contributed by atoms with Gasteiger partial charge in [0.1, 0.15) is 11.9 Å². The molecule has 1 aliphatic heterocycles. The van der Waals surface area contributed by atoms with Crippen molar-refractivity contribution in [2.45, 2.75) is 18.6 Å². The summed E-state index contributed by atoms with van der Waals surface area (Å²) in [4.78, 5) is 1.23. The van der Waals surface area contributed by atoms with Crippen molar-refractivity contribution in [1.82, 2.24) is 5.32 Å². The Balaban J connectivity index is 1.97. The van der Waals surface area contributed by atoms with Crippen molar-refractivity contribution in [2.75, 3.05) is 7.05 Å². The zero-order valence-electron chi connectivity index (χ0n) is 10.6. The molecule has 2 aromatic rings. The van der Waals surface area contributed by atoms with Crippen molar-refractivity contribution in [2.24, 2.45) is 0 Å². The normalized spacial score (nSPS) is 21.4. The van der Waals surface area contributed by atoms with Gasteiger partial charge in [-0.3, -0.25) is 0 Å². The first kappa shape index (κ1) is 15.0. The lowest BCUT2D eigenvalue weighted by Crippen LogP contribution is -2.26. The van der Waals surface area contributed by atoms with Crippen molar-refractivity contribution in [3.05, 3.63) is 47.4 Å². The van der Waals surface area contributed by atoms with Gasteiger partial charge in [0.05, 0.1) is 3.79 Å². The third-order valence-electron chi connectivity index (χ3n) is 3.40. The summed E-state index contributed by atoms with van der Waals surface area (Å²) >= 11 is 12.3. The molecular formula is C14H12Br3NOS. The van der Waals surface area contributed by atoms with Gasteiger partial charge in [-0.25, -0.2) is 0 Å². The summed E-state index contributed by atoms with van der Waals surface area (Å²) in [6, 6.07) is 8.68. The van der Waals surface area contributed by atoms with E-state index in [1.807, 2.05) is 13.1 Å². The minimum atomic E-state index is 0.0850. The average Bonchev–Trinajstić information content (AvgIpc) is 2.77. The van der Waals surface area contributed by atoms with Crippen LogP contribution in [-0.2, 0) is 0 Å². The zero-order valence-corrected chi connectivity index (χ0v) is 16.2. The summed E-state index contributed by atoms with van der Waals surface area (Å²) in [5.74, 6) is 0.954. The number of benzene rings is 1. The third kappa shape index (κ3) is 2.86. The van der Waals surface area contributed by atoms with Crippen LogP contribution >= 0.6 is 59.1 Å². The van der Waals surface area contributed by atoms with Crippen LogP contribution in [0.3, 0.4) is 0 Å². The van der Waals surface area contributed by atoms with Crippen LogP contribution in [0.5, 0.6) is 5.75 Å². The second kappa shape index (κ2) is 6.08. The lowest BCUT2D eigenvalue weighted by molar-refractivity contribution is 0.157. The van der Waals surface area contributed by atoms with Crippen molar-refractivity contribution in [3.8, 4) is 5.75 Å². The molecule has 3 rings (SSSR count). The molecule has 1 aliphatic rings. The van der Waals surface area contributed by atoms with Gasteiger partial charge in [0.2, 0.25) is 0 Å². The van der Waals surface area contributed by atoms with Gasteiger partial charge in [-0.1, -0.05) is 22.0 Å². The summed E-state index contributed by atoms with van der Waals surface area (Å²) in [6.45, 7) is 0. The highest BCUT2D eigenvalue weighted by Gasteiger charge is 2.29. The first-order valence-corrected chi connectivity index (χ1v) is 9.36. The predicted octanol–water partition coefficient (Wildman–Crippen LogP) is 5.82. The van der Waals surface area contributed by atoms with E-state index in [4.69, 9.17) is 4.74 Å². The first-order chi connectivity index (χ1) is 9.58. The molecule has 2 unspecified atom stereocenters. The van der Waals surface area contributed by atoms with Crippen LogP contribution in [0.4, 0.5) is 0 Å². The fourth-order valence-corrected chi connectivity index (χ4v) is 4.88. The molecule has 0 aliphatic carbocycles. The molecule has 1 aromatic heterocycles. The number of hydrogen-bond acceptors (Lipinski definition) is 3.